The maximum Gasteiger partial charge on any atom is 0.129 e. The molecule has 0 spiro atoms. The Bertz CT molecular complexity index is 300. The molecular weight excluding hydrogens is 204 g/mol. The largest absolute Gasteiger partial charge is 0.493 e. The van der Waals surface area contributed by atoms with E-state index in [1.54, 1.807) is 0 Å². The second kappa shape index (κ2) is 5.63. The molecule has 0 aromatic heterocycles. The Kier molecular flexibility index (Phi) is 4.45. The van der Waals surface area contributed by atoms with Crippen LogP contribution in [0.25, 0.3) is 0 Å². The van der Waals surface area contributed by atoms with Crippen LogP contribution < -0.4 is 10.5 Å². The van der Waals surface area contributed by atoms with E-state index in [1.807, 2.05) is 0 Å². The van der Waals surface area contributed by atoms with E-state index >= 15 is 0 Å². The molecule has 1 atom stereocenters. The van der Waals surface area contributed by atoms with Crippen molar-refractivity contribution in [1.82, 2.24) is 0 Å². The number of aliphatic hydroxyl groups excluding tert-OH is 1. The summed E-state index contributed by atoms with van der Waals surface area (Å²) in [6.45, 7) is 0.308. The first-order valence-electron chi connectivity index (χ1n) is 4.59. The fraction of sp³-hybridized carbons (Fsp3) is 0.400. The Morgan fingerprint density at radius 1 is 1.27 bits per heavy atom. The van der Waals surface area contributed by atoms with Crippen LogP contribution in [0.2, 0.25) is 0 Å². The molecule has 84 valence electrons. The molecule has 0 saturated carbocycles. The molecule has 15 heavy (non-hydrogen) atoms. The summed E-state index contributed by atoms with van der Waals surface area (Å²) in [5.41, 5.74) is 5.17. The van der Waals surface area contributed by atoms with Crippen molar-refractivity contribution in [3.05, 3.63) is 29.8 Å². The van der Waals surface area contributed by atoms with Crippen LogP contribution in [0, 0.1) is 11.6 Å². The summed E-state index contributed by atoms with van der Waals surface area (Å²) in [5, 5.41) is 9.09. The highest BCUT2D eigenvalue weighted by Gasteiger charge is 2.04. The van der Waals surface area contributed by atoms with Crippen LogP contribution in [0.3, 0.4) is 0 Å². The van der Waals surface area contributed by atoms with Crippen molar-refractivity contribution in [3.63, 3.8) is 0 Å². The molecule has 1 rings (SSSR count). The van der Waals surface area contributed by atoms with E-state index < -0.39 is 17.7 Å². The lowest BCUT2D eigenvalue weighted by molar-refractivity contribution is 0.146. The van der Waals surface area contributed by atoms with Crippen LogP contribution in [-0.2, 0) is 0 Å². The Morgan fingerprint density at radius 3 is 2.40 bits per heavy atom. The summed E-state index contributed by atoms with van der Waals surface area (Å²) >= 11 is 0. The second-order valence-electron chi connectivity index (χ2n) is 3.13. The van der Waals surface area contributed by atoms with Gasteiger partial charge in [-0.2, -0.15) is 0 Å². The molecule has 1 aromatic rings. The fourth-order valence-corrected chi connectivity index (χ4v) is 1.04. The van der Waals surface area contributed by atoms with Crippen LogP contribution in [0.4, 0.5) is 8.78 Å². The quantitative estimate of drug-likeness (QED) is 0.775. The number of benzene rings is 1. The highest BCUT2D eigenvalue weighted by Crippen LogP contribution is 2.15. The van der Waals surface area contributed by atoms with Crippen molar-refractivity contribution >= 4 is 0 Å². The van der Waals surface area contributed by atoms with Gasteiger partial charge in [-0.25, -0.2) is 8.78 Å². The third-order valence-electron chi connectivity index (χ3n) is 1.83. The molecule has 0 amide bonds. The first-order valence-corrected chi connectivity index (χ1v) is 4.59. The Labute approximate surface area is 86.5 Å². The Hall–Kier alpha value is -1.20. The summed E-state index contributed by atoms with van der Waals surface area (Å²) in [5.74, 6) is -1.27. The first kappa shape index (κ1) is 11.9. The number of nitrogens with two attached hydrogens (primary N) is 1. The van der Waals surface area contributed by atoms with Gasteiger partial charge in [0.25, 0.3) is 0 Å². The second-order valence-corrected chi connectivity index (χ2v) is 3.13. The highest BCUT2D eigenvalue weighted by molar-refractivity contribution is 5.23. The molecule has 1 aromatic carbocycles. The molecular formula is C10H13F2NO2. The van der Waals surface area contributed by atoms with Gasteiger partial charge in [-0.1, -0.05) is 0 Å². The summed E-state index contributed by atoms with van der Waals surface area (Å²) < 4.78 is 30.4. The topological polar surface area (TPSA) is 55.5 Å². The molecule has 0 bridgehead atoms. The summed E-state index contributed by atoms with van der Waals surface area (Å²) in [4.78, 5) is 0. The van der Waals surface area contributed by atoms with Crippen molar-refractivity contribution in [2.75, 3.05) is 13.2 Å². The Morgan fingerprint density at radius 2 is 1.87 bits per heavy atom. The Balaban J connectivity index is 2.43. The molecule has 3 N–H and O–H groups in total. The number of halogens is 2. The predicted octanol–water partition coefficient (Wildman–Crippen LogP) is 1.05. The standard InChI is InChI=1S/C10H13F2NO2/c11-7-3-8(12)5-10(4-7)15-2-1-9(14)6-13/h3-5,9,14H,1-2,6,13H2. The zero-order valence-electron chi connectivity index (χ0n) is 8.12. The SMILES string of the molecule is NCC(O)CCOc1cc(F)cc(F)c1. The van der Waals surface area contributed by atoms with E-state index in [0.717, 1.165) is 18.2 Å². The number of hydrogen-bond donors (Lipinski definition) is 2. The molecule has 0 aliphatic carbocycles. The maximum atomic E-state index is 12.7. The lowest BCUT2D eigenvalue weighted by Gasteiger charge is -2.09. The molecule has 3 nitrogen and oxygen atoms in total. The van der Waals surface area contributed by atoms with Crippen LogP contribution in [0.1, 0.15) is 6.42 Å². The fourth-order valence-electron chi connectivity index (χ4n) is 1.04. The van der Waals surface area contributed by atoms with Gasteiger partial charge in [-0.15, -0.1) is 0 Å². The number of hydrogen-bond acceptors (Lipinski definition) is 3. The van der Waals surface area contributed by atoms with Crippen LogP contribution in [0.5, 0.6) is 5.75 Å². The normalized spacial score (nSPS) is 12.5. The van der Waals surface area contributed by atoms with Crippen molar-refractivity contribution < 1.29 is 18.6 Å². The van der Waals surface area contributed by atoms with Gasteiger partial charge in [0.05, 0.1) is 12.7 Å². The molecule has 0 saturated heterocycles. The van der Waals surface area contributed by atoms with Gasteiger partial charge >= 0.3 is 0 Å². The average Bonchev–Trinajstić information content (AvgIpc) is 2.16. The molecule has 0 fully saturated rings. The molecule has 5 heteroatoms. The van der Waals surface area contributed by atoms with Crippen molar-refractivity contribution in [2.24, 2.45) is 5.73 Å². The van der Waals surface area contributed by atoms with Crippen molar-refractivity contribution in [3.8, 4) is 5.75 Å². The predicted molar refractivity (Wildman–Crippen MR) is 51.5 cm³/mol. The third-order valence-corrected chi connectivity index (χ3v) is 1.83. The average molecular weight is 217 g/mol. The number of rotatable bonds is 5. The summed E-state index contributed by atoms with van der Waals surface area (Å²) in [6.07, 6.45) is -0.322. The van der Waals surface area contributed by atoms with Gasteiger partial charge in [0.2, 0.25) is 0 Å². The first-order chi connectivity index (χ1) is 7.11. The monoisotopic (exact) mass is 217 g/mol. The number of aliphatic hydroxyl groups is 1. The van der Waals surface area contributed by atoms with E-state index in [9.17, 15) is 8.78 Å². The zero-order valence-corrected chi connectivity index (χ0v) is 8.12. The van der Waals surface area contributed by atoms with E-state index in [4.69, 9.17) is 15.6 Å². The van der Waals surface area contributed by atoms with Gasteiger partial charge < -0.3 is 15.6 Å². The van der Waals surface area contributed by atoms with E-state index in [-0.39, 0.29) is 18.9 Å². The van der Waals surface area contributed by atoms with Crippen LogP contribution in [0.15, 0.2) is 18.2 Å². The number of ether oxygens (including phenoxy) is 1. The lowest BCUT2D eigenvalue weighted by Crippen LogP contribution is -2.21. The van der Waals surface area contributed by atoms with Crippen molar-refractivity contribution in [1.29, 1.82) is 0 Å². The maximum absolute atomic E-state index is 12.7. The molecule has 0 heterocycles. The van der Waals surface area contributed by atoms with Gasteiger partial charge in [0, 0.05) is 31.2 Å². The molecule has 0 aliphatic rings. The minimum absolute atomic E-state index is 0.108. The summed E-state index contributed by atoms with van der Waals surface area (Å²) in [6, 6.07) is 2.93. The van der Waals surface area contributed by atoms with Gasteiger partial charge in [-0.05, 0) is 0 Å². The molecule has 1 unspecified atom stereocenters. The van der Waals surface area contributed by atoms with E-state index in [0.29, 0.717) is 6.42 Å². The van der Waals surface area contributed by atoms with Crippen LogP contribution in [-0.4, -0.2) is 24.4 Å². The smallest absolute Gasteiger partial charge is 0.129 e. The van der Waals surface area contributed by atoms with E-state index in [2.05, 4.69) is 0 Å². The van der Waals surface area contributed by atoms with Crippen LogP contribution >= 0.6 is 0 Å². The van der Waals surface area contributed by atoms with Gasteiger partial charge in [0.15, 0.2) is 0 Å². The molecule has 0 aliphatic heterocycles. The lowest BCUT2D eigenvalue weighted by atomic mass is 10.2. The molecule has 0 radical (unpaired) electrons. The summed E-state index contributed by atoms with van der Waals surface area (Å²) in [7, 11) is 0. The third kappa shape index (κ3) is 4.22. The van der Waals surface area contributed by atoms with Crippen molar-refractivity contribution in [2.45, 2.75) is 12.5 Å². The zero-order chi connectivity index (χ0) is 11.3. The minimum atomic E-state index is -0.690. The van der Waals surface area contributed by atoms with Gasteiger partial charge in [0.1, 0.15) is 17.4 Å². The van der Waals surface area contributed by atoms with Gasteiger partial charge in [-0.3, -0.25) is 0 Å². The van der Waals surface area contributed by atoms with E-state index in [1.165, 1.54) is 0 Å². The minimum Gasteiger partial charge on any atom is -0.493 e. The highest BCUT2D eigenvalue weighted by atomic mass is 19.1.